The van der Waals surface area contributed by atoms with Crippen LogP contribution in [0.15, 0.2) is 27.9 Å². The van der Waals surface area contributed by atoms with Crippen molar-refractivity contribution in [1.82, 2.24) is 5.43 Å². The zero-order valence-corrected chi connectivity index (χ0v) is 6.36. The Hall–Kier alpha value is -1.78. The summed E-state index contributed by atoms with van der Waals surface area (Å²) in [6.45, 7) is 0. The summed E-state index contributed by atoms with van der Waals surface area (Å²) in [7, 11) is 0. The number of furan rings is 1. The highest BCUT2D eigenvalue weighted by Gasteiger charge is 1.90. The summed E-state index contributed by atoms with van der Waals surface area (Å²) in [6.07, 6.45) is 3.61. The molecule has 64 valence electrons. The van der Waals surface area contributed by atoms with Crippen LogP contribution >= 0.6 is 0 Å². The Morgan fingerprint density at radius 2 is 2.67 bits per heavy atom. The summed E-state index contributed by atoms with van der Waals surface area (Å²) in [6, 6.07) is 2.92. The lowest BCUT2D eigenvalue weighted by Crippen LogP contribution is -2.24. The Bertz CT molecular complexity index is 266. The molecule has 0 radical (unpaired) electrons. The van der Waals surface area contributed by atoms with Crippen molar-refractivity contribution >= 4 is 12.2 Å². The summed E-state index contributed by atoms with van der Waals surface area (Å²) in [5.74, 6) is 0.782. The standard InChI is InChI=1S/C7H9N3O2/c8-7(11)10-9-4-3-6-2-1-5-12-6/h1-2,4-5H,3H2,(H3,8,10,11)/b9-4+. The van der Waals surface area contributed by atoms with Crippen LogP contribution in [0.1, 0.15) is 5.76 Å². The molecule has 1 aromatic rings. The molecule has 0 fully saturated rings. The fourth-order valence-electron chi connectivity index (χ4n) is 0.674. The summed E-state index contributed by atoms with van der Waals surface area (Å²) < 4.78 is 5.01. The van der Waals surface area contributed by atoms with Gasteiger partial charge in [0.25, 0.3) is 0 Å². The van der Waals surface area contributed by atoms with Gasteiger partial charge in [0.05, 0.1) is 6.26 Å². The summed E-state index contributed by atoms with van der Waals surface area (Å²) in [4.78, 5) is 10.1. The predicted molar refractivity (Wildman–Crippen MR) is 43.6 cm³/mol. The molecule has 0 bridgehead atoms. The molecule has 0 aliphatic carbocycles. The van der Waals surface area contributed by atoms with Crippen molar-refractivity contribution in [1.29, 1.82) is 0 Å². The van der Waals surface area contributed by atoms with E-state index in [1.54, 1.807) is 12.3 Å². The van der Waals surface area contributed by atoms with Crippen molar-refractivity contribution in [2.24, 2.45) is 10.8 Å². The largest absolute Gasteiger partial charge is 0.469 e. The smallest absolute Gasteiger partial charge is 0.332 e. The monoisotopic (exact) mass is 167 g/mol. The quantitative estimate of drug-likeness (QED) is 0.507. The van der Waals surface area contributed by atoms with Gasteiger partial charge in [0, 0.05) is 12.6 Å². The molecule has 5 heteroatoms. The number of hydrogen-bond acceptors (Lipinski definition) is 3. The third-order valence-corrected chi connectivity index (χ3v) is 1.14. The minimum absolute atomic E-state index is 0.535. The second-order valence-electron chi connectivity index (χ2n) is 2.07. The Labute approximate surface area is 69.2 Å². The number of hydrogen-bond donors (Lipinski definition) is 2. The van der Waals surface area contributed by atoms with Crippen LogP contribution in [0.3, 0.4) is 0 Å². The van der Waals surface area contributed by atoms with Crippen molar-refractivity contribution in [2.45, 2.75) is 6.42 Å². The minimum Gasteiger partial charge on any atom is -0.469 e. The highest BCUT2D eigenvalue weighted by molar-refractivity contribution is 5.73. The molecule has 1 aromatic heterocycles. The third kappa shape index (κ3) is 2.87. The van der Waals surface area contributed by atoms with E-state index in [-0.39, 0.29) is 0 Å². The Morgan fingerprint density at radius 3 is 3.25 bits per heavy atom. The molecule has 0 aliphatic heterocycles. The second-order valence-corrected chi connectivity index (χ2v) is 2.07. The van der Waals surface area contributed by atoms with Crippen LogP contribution in [0.4, 0.5) is 4.79 Å². The maximum absolute atomic E-state index is 10.1. The molecule has 0 saturated carbocycles. The van der Waals surface area contributed by atoms with Crippen molar-refractivity contribution in [3.8, 4) is 0 Å². The predicted octanol–water partition coefficient (Wildman–Crippen LogP) is 0.476. The molecule has 2 amide bonds. The number of nitrogens with zero attached hydrogens (tertiary/aromatic N) is 1. The molecule has 0 spiro atoms. The lowest BCUT2D eigenvalue weighted by Gasteiger charge is -1.89. The number of hydrazone groups is 1. The number of carbonyl (C=O) groups excluding carboxylic acids is 1. The van der Waals surface area contributed by atoms with E-state index in [1.807, 2.05) is 6.07 Å². The Balaban J connectivity index is 2.26. The Kier molecular flexibility index (Phi) is 2.89. The molecule has 12 heavy (non-hydrogen) atoms. The third-order valence-electron chi connectivity index (χ3n) is 1.14. The highest BCUT2D eigenvalue weighted by atomic mass is 16.3. The van der Waals surface area contributed by atoms with Gasteiger partial charge >= 0.3 is 6.03 Å². The number of nitrogens with one attached hydrogen (secondary N) is 1. The van der Waals surface area contributed by atoms with Crippen LogP contribution in [0, 0.1) is 0 Å². The number of primary amides is 1. The van der Waals surface area contributed by atoms with Gasteiger partial charge in [-0.3, -0.25) is 0 Å². The van der Waals surface area contributed by atoms with E-state index in [0.717, 1.165) is 5.76 Å². The highest BCUT2D eigenvalue weighted by Crippen LogP contribution is 1.98. The molecule has 0 unspecified atom stereocenters. The molecular weight excluding hydrogens is 158 g/mol. The minimum atomic E-state index is -0.675. The molecule has 3 N–H and O–H groups in total. The maximum atomic E-state index is 10.1. The Morgan fingerprint density at radius 1 is 1.83 bits per heavy atom. The van der Waals surface area contributed by atoms with Crippen LogP contribution < -0.4 is 11.2 Å². The van der Waals surface area contributed by atoms with Gasteiger partial charge in [-0.2, -0.15) is 5.10 Å². The molecule has 0 aliphatic rings. The van der Waals surface area contributed by atoms with E-state index >= 15 is 0 Å². The zero-order valence-electron chi connectivity index (χ0n) is 6.36. The van der Waals surface area contributed by atoms with Crippen LogP contribution in [0.5, 0.6) is 0 Å². The normalized spacial score (nSPS) is 10.3. The van der Waals surface area contributed by atoms with E-state index in [4.69, 9.17) is 10.2 Å². The van der Waals surface area contributed by atoms with Crippen LogP contribution in [-0.4, -0.2) is 12.2 Å². The van der Waals surface area contributed by atoms with Gasteiger partial charge in [-0.05, 0) is 12.1 Å². The lowest BCUT2D eigenvalue weighted by atomic mass is 10.3. The van der Waals surface area contributed by atoms with E-state index in [0.29, 0.717) is 6.42 Å². The molecule has 1 rings (SSSR count). The van der Waals surface area contributed by atoms with Gasteiger partial charge in [0.15, 0.2) is 0 Å². The number of rotatable bonds is 3. The van der Waals surface area contributed by atoms with Crippen LogP contribution in [0.2, 0.25) is 0 Å². The molecule has 5 nitrogen and oxygen atoms in total. The van der Waals surface area contributed by atoms with E-state index in [9.17, 15) is 4.79 Å². The van der Waals surface area contributed by atoms with Crippen molar-refractivity contribution in [3.63, 3.8) is 0 Å². The first-order valence-electron chi connectivity index (χ1n) is 3.38. The summed E-state index contributed by atoms with van der Waals surface area (Å²) in [5.41, 5.74) is 6.84. The summed E-state index contributed by atoms with van der Waals surface area (Å²) >= 11 is 0. The zero-order chi connectivity index (χ0) is 8.81. The van der Waals surface area contributed by atoms with Gasteiger partial charge in [0.1, 0.15) is 5.76 Å². The average molecular weight is 167 g/mol. The number of urea groups is 1. The maximum Gasteiger partial charge on any atom is 0.332 e. The van der Waals surface area contributed by atoms with Gasteiger partial charge < -0.3 is 10.2 Å². The van der Waals surface area contributed by atoms with E-state index in [2.05, 4.69) is 10.5 Å². The van der Waals surface area contributed by atoms with Crippen molar-refractivity contribution < 1.29 is 9.21 Å². The fourth-order valence-corrected chi connectivity index (χ4v) is 0.674. The van der Waals surface area contributed by atoms with Gasteiger partial charge in [-0.1, -0.05) is 0 Å². The first-order valence-corrected chi connectivity index (χ1v) is 3.38. The van der Waals surface area contributed by atoms with Gasteiger partial charge in [-0.15, -0.1) is 0 Å². The van der Waals surface area contributed by atoms with E-state index < -0.39 is 6.03 Å². The molecule has 0 aromatic carbocycles. The molecule has 0 atom stereocenters. The fraction of sp³-hybridized carbons (Fsp3) is 0.143. The van der Waals surface area contributed by atoms with Crippen LogP contribution in [-0.2, 0) is 6.42 Å². The van der Waals surface area contributed by atoms with Crippen molar-refractivity contribution in [3.05, 3.63) is 24.2 Å². The van der Waals surface area contributed by atoms with Gasteiger partial charge in [0.2, 0.25) is 0 Å². The van der Waals surface area contributed by atoms with E-state index in [1.165, 1.54) is 6.21 Å². The second kappa shape index (κ2) is 4.17. The average Bonchev–Trinajstić information content (AvgIpc) is 2.49. The number of nitrogens with two attached hydrogens (primary N) is 1. The van der Waals surface area contributed by atoms with Crippen molar-refractivity contribution in [2.75, 3.05) is 0 Å². The lowest BCUT2D eigenvalue weighted by molar-refractivity contribution is 0.249. The molecule has 0 saturated heterocycles. The van der Waals surface area contributed by atoms with Gasteiger partial charge in [-0.25, -0.2) is 10.2 Å². The topological polar surface area (TPSA) is 80.6 Å². The molecular formula is C7H9N3O2. The molecule has 1 heterocycles. The number of amides is 2. The first kappa shape index (κ1) is 8.32. The first-order chi connectivity index (χ1) is 5.79. The van der Waals surface area contributed by atoms with Crippen LogP contribution in [0.25, 0.3) is 0 Å². The SMILES string of the molecule is NC(=O)N/N=C/Cc1ccco1. The number of carbonyl (C=O) groups is 1. The summed E-state index contributed by atoms with van der Waals surface area (Å²) in [5, 5.41) is 3.54.